The van der Waals surface area contributed by atoms with Crippen LogP contribution in [0.5, 0.6) is 11.5 Å². The van der Waals surface area contributed by atoms with E-state index in [4.69, 9.17) is 9.47 Å². The maximum absolute atomic E-state index is 13.0. The van der Waals surface area contributed by atoms with Gasteiger partial charge in [-0.1, -0.05) is 18.2 Å². The number of nitrogens with one attached hydrogen (secondary N) is 1. The van der Waals surface area contributed by atoms with Crippen molar-refractivity contribution in [3.8, 4) is 11.5 Å². The average molecular weight is 430 g/mol. The van der Waals surface area contributed by atoms with Gasteiger partial charge in [0.05, 0.1) is 25.3 Å². The minimum atomic E-state index is -0.378. The normalized spacial score (nSPS) is 10.7. The molecule has 2 heterocycles. The number of pyridine rings is 1. The van der Waals surface area contributed by atoms with Gasteiger partial charge in [0.25, 0.3) is 5.56 Å². The summed E-state index contributed by atoms with van der Waals surface area (Å²) in [4.78, 5) is 29.7. The molecular weight excluding hydrogens is 408 g/mol. The molecule has 0 saturated heterocycles. The first kappa shape index (κ1) is 21.0. The molecular formula is C24H22N4O4. The molecule has 4 aromatic rings. The number of rotatable bonds is 7. The first-order chi connectivity index (χ1) is 15.6. The van der Waals surface area contributed by atoms with Gasteiger partial charge in [-0.3, -0.25) is 14.6 Å². The predicted octanol–water partition coefficient (Wildman–Crippen LogP) is 3.04. The average Bonchev–Trinajstić information content (AvgIpc) is 2.82. The number of ether oxygens (including phenoxy) is 2. The highest BCUT2D eigenvalue weighted by molar-refractivity contribution is 5.91. The van der Waals surface area contributed by atoms with Gasteiger partial charge in [0.1, 0.15) is 6.54 Å². The molecule has 8 heteroatoms. The van der Waals surface area contributed by atoms with Crippen LogP contribution in [0.4, 0.5) is 5.69 Å². The number of aromatic nitrogens is 3. The van der Waals surface area contributed by atoms with Crippen LogP contribution < -0.4 is 20.3 Å². The minimum absolute atomic E-state index is 0.221. The quantitative estimate of drug-likeness (QED) is 0.484. The Labute approximate surface area is 184 Å². The molecule has 4 rings (SSSR count). The van der Waals surface area contributed by atoms with Gasteiger partial charge in [0, 0.05) is 36.0 Å². The molecule has 0 fully saturated rings. The maximum atomic E-state index is 13.0. The highest BCUT2D eigenvalue weighted by Crippen LogP contribution is 2.29. The second kappa shape index (κ2) is 9.30. The number of nitrogens with zero attached hydrogens (tertiary/aromatic N) is 3. The number of anilines is 1. The number of methoxy groups -OCH3 is 2. The van der Waals surface area contributed by atoms with Gasteiger partial charge in [-0.15, -0.1) is 0 Å². The SMILES string of the molecule is COc1ccc(NC(=O)Cn2nc(Cc3ccncc3)c3ccccc3c2=O)cc1OC. The Morgan fingerprint density at radius 3 is 2.41 bits per heavy atom. The van der Waals surface area contributed by atoms with E-state index < -0.39 is 0 Å². The summed E-state index contributed by atoms with van der Waals surface area (Å²) in [6.45, 7) is -0.221. The molecule has 0 unspecified atom stereocenters. The highest BCUT2D eigenvalue weighted by Gasteiger charge is 2.14. The molecule has 8 nitrogen and oxygen atoms in total. The van der Waals surface area contributed by atoms with Crippen LogP contribution in [0.1, 0.15) is 11.3 Å². The summed E-state index contributed by atoms with van der Waals surface area (Å²) in [5.74, 6) is 0.668. The van der Waals surface area contributed by atoms with Gasteiger partial charge in [-0.05, 0) is 35.9 Å². The number of fused-ring (bicyclic) bond motifs is 1. The summed E-state index contributed by atoms with van der Waals surface area (Å²) in [7, 11) is 3.06. The lowest BCUT2D eigenvalue weighted by atomic mass is 10.1. The molecule has 0 bridgehead atoms. The fourth-order valence-electron chi connectivity index (χ4n) is 3.49. The van der Waals surface area contributed by atoms with E-state index in [1.807, 2.05) is 24.3 Å². The summed E-state index contributed by atoms with van der Waals surface area (Å²) in [5.41, 5.74) is 1.93. The third-order valence-electron chi connectivity index (χ3n) is 5.03. The van der Waals surface area contributed by atoms with Crippen LogP contribution in [0.15, 0.2) is 71.8 Å². The topological polar surface area (TPSA) is 95.3 Å². The first-order valence-corrected chi connectivity index (χ1v) is 9.98. The van der Waals surface area contributed by atoms with Gasteiger partial charge in [-0.25, -0.2) is 4.68 Å². The van der Waals surface area contributed by atoms with E-state index in [2.05, 4.69) is 15.4 Å². The largest absolute Gasteiger partial charge is 0.493 e. The van der Waals surface area contributed by atoms with Crippen LogP contribution in [0.25, 0.3) is 10.8 Å². The Bertz CT molecular complexity index is 1320. The molecule has 0 aliphatic carbocycles. The van der Waals surface area contributed by atoms with Crippen LogP contribution in [-0.4, -0.2) is 34.9 Å². The first-order valence-electron chi connectivity index (χ1n) is 9.98. The predicted molar refractivity (Wildman–Crippen MR) is 121 cm³/mol. The molecule has 0 radical (unpaired) electrons. The smallest absolute Gasteiger partial charge is 0.275 e. The summed E-state index contributed by atoms with van der Waals surface area (Å²) >= 11 is 0. The molecule has 1 N–H and O–H groups in total. The summed E-state index contributed by atoms with van der Waals surface area (Å²) < 4.78 is 11.7. The molecule has 0 aliphatic rings. The zero-order valence-corrected chi connectivity index (χ0v) is 17.7. The third kappa shape index (κ3) is 4.44. The van der Waals surface area contributed by atoms with Crippen molar-refractivity contribution in [3.63, 3.8) is 0 Å². The molecule has 0 atom stereocenters. The van der Waals surface area contributed by atoms with E-state index in [0.717, 1.165) is 10.9 Å². The Balaban J connectivity index is 1.63. The molecule has 32 heavy (non-hydrogen) atoms. The van der Waals surface area contributed by atoms with Crippen LogP contribution >= 0.6 is 0 Å². The molecule has 2 aromatic heterocycles. The lowest BCUT2D eigenvalue weighted by Gasteiger charge is -2.13. The molecule has 0 saturated carbocycles. The van der Waals surface area contributed by atoms with E-state index in [9.17, 15) is 9.59 Å². The minimum Gasteiger partial charge on any atom is -0.493 e. The number of benzene rings is 2. The lowest BCUT2D eigenvalue weighted by Crippen LogP contribution is -2.30. The van der Waals surface area contributed by atoms with Crippen molar-refractivity contribution in [2.45, 2.75) is 13.0 Å². The fourth-order valence-corrected chi connectivity index (χ4v) is 3.49. The van der Waals surface area contributed by atoms with Gasteiger partial charge >= 0.3 is 0 Å². The number of carbonyl (C=O) groups excluding carboxylic acids is 1. The second-order valence-corrected chi connectivity index (χ2v) is 7.11. The zero-order chi connectivity index (χ0) is 22.5. The van der Waals surface area contributed by atoms with E-state index in [-0.39, 0.29) is 18.0 Å². The van der Waals surface area contributed by atoms with Crippen LogP contribution in [0.2, 0.25) is 0 Å². The zero-order valence-electron chi connectivity index (χ0n) is 17.7. The third-order valence-corrected chi connectivity index (χ3v) is 5.03. The summed E-state index contributed by atoms with van der Waals surface area (Å²) in [6.07, 6.45) is 3.94. The number of hydrogen-bond acceptors (Lipinski definition) is 6. The maximum Gasteiger partial charge on any atom is 0.275 e. The van der Waals surface area contributed by atoms with Gasteiger partial charge in [-0.2, -0.15) is 5.10 Å². The monoisotopic (exact) mass is 430 g/mol. The summed E-state index contributed by atoms with van der Waals surface area (Å²) in [6, 6.07) is 16.1. The van der Waals surface area contributed by atoms with E-state index in [0.29, 0.717) is 34.7 Å². The Hall–Kier alpha value is -4.20. The van der Waals surface area contributed by atoms with Crippen LogP contribution in [0, 0.1) is 0 Å². The van der Waals surface area contributed by atoms with Gasteiger partial charge < -0.3 is 14.8 Å². The number of amides is 1. The van der Waals surface area contributed by atoms with E-state index >= 15 is 0 Å². The van der Waals surface area contributed by atoms with E-state index in [1.54, 1.807) is 42.7 Å². The standard InChI is InChI=1S/C24H22N4O4/c1-31-21-8-7-17(14-22(21)32-2)26-23(29)15-28-24(30)19-6-4-3-5-18(19)20(27-28)13-16-9-11-25-12-10-16/h3-12,14H,13,15H2,1-2H3,(H,26,29). The second-order valence-electron chi connectivity index (χ2n) is 7.11. The number of carbonyl (C=O) groups is 1. The molecule has 0 spiro atoms. The molecule has 2 aromatic carbocycles. The van der Waals surface area contributed by atoms with Crippen LogP contribution in [-0.2, 0) is 17.8 Å². The number of hydrogen-bond donors (Lipinski definition) is 1. The highest BCUT2D eigenvalue weighted by atomic mass is 16.5. The molecule has 0 aliphatic heterocycles. The van der Waals surface area contributed by atoms with Gasteiger partial charge in [0.15, 0.2) is 11.5 Å². The van der Waals surface area contributed by atoms with Crippen molar-refractivity contribution < 1.29 is 14.3 Å². The summed E-state index contributed by atoms with van der Waals surface area (Å²) in [5, 5.41) is 8.58. The van der Waals surface area contributed by atoms with Crippen molar-refractivity contribution in [1.82, 2.24) is 14.8 Å². The molecule has 1 amide bonds. The van der Waals surface area contributed by atoms with Crippen LogP contribution in [0.3, 0.4) is 0 Å². The van der Waals surface area contributed by atoms with E-state index in [1.165, 1.54) is 18.9 Å². The van der Waals surface area contributed by atoms with Crippen molar-refractivity contribution in [1.29, 1.82) is 0 Å². The Kier molecular flexibility index (Phi) is 6.12. The Morgan fingerprint density at radius 1 is 0.969 bits per heavy atom. The van der Waals surface area contributed by atoms with Crippen molar-refractivity contribution in [3.05, 3.63) is 88.6 Å². The van der Waals surface area contributed by atoms with Crippen molar-refractivity contribution in [2.75, 3.05) is 19.5 Å². The fraction of sp³-hybridized carbons (Fsp3) is 0.167. The molecule has 162 valence electrons. The van der Waals surface area contributed by atoms with Gasteiger partial charge in [0.2, 0.25) is 5.91 Å². The Morgan fingerprint density at radius 2 is 1.69 bits per heavy atom. The van der Waals surface area contributed by atoms with Crippen molar-refractivity contribution in [2.24, 2.45) is 0 Å². The lowest BCUT2D eigenvalue weighted by molar-refractivity contribution is -0.117. The van der Waals surface area contributed by atoms with Crippen molar-refractivity contribution >= 4 is 22.4 Å².